The normalized spacial score (nSPS) is 9.67. The molecule has 4 heteroatoms. The van der Waals surface area contributed by atoms with Crippen LogP contribution in [0.5, 0.6) is 0 Å². The lowest BCUT2D eigenvalue weighted by molar-refractivity contribution is 0.767. The molecule has 0 saturated heterocycles. The SMILES string of the molecule is Cc1cc(NS)n(C)n1. The summed E-state index contributed by atoms with van der Waals surface area (Å²) in [6, 6.07) is 1.92. The fourth-order valence-electron chi connectivity index (χ4n) is 0.715. The van der Waals surface area contributed by atoms with Gasteiger partial charge < -0.3 is 4.72 Å². The van der Waals surface area contributed by atoms with Gasteiger partial charge in [-0.05, 0) is 6.92 Å². The zero-order valence-corrected chi connectivity index (χ0v) is 6.31. The molecule has 1 heterocycles. The van der Waals surface area contributed by atoms with Crippen LogP contribution in [0.1, 0.15) is 5.69 Å². The van der Waals surface area contributed by atoms with Crippen LogP contribution in [0.25, 0.3) is 0 Å². The molecule has 0 aromatic carbocycles. The van der Waals surface area contributed by atoms with Crippen LogP contribution < -0.4 is 4.72 Å². The van der Waals surface area contributed by atoms with Gasteiger partial charge in [-0.15, -0.1) is 0 Å². The highest BCUT2D eigenvalue weighted by Gasteiger charge is 1.96. The van der Waals surface area contributed by atoms with Crippen LogP contribution in [-0.4, -0.2) is 9.78 Å². The Hall–Kier alpha value is -0.640. The van der Waals surface area contributed by atoms with Crippen LogP contribution in [0, 0.1) is 6.92 Å². The van der Waals surface area contributed by atoms with Crippen LogP contribution in [-0.2, 0) is 7.05 Å². The summed E-state index contributed by atoms with van der Waals surface area (Å²) in [4.78, 5) is 0. The second kappa shape index (κ2) is 2.31. The van der Waals surface area contributed by atoms with E-state index in [2.05, 4.69) is 22.6 Å². The smallest absolute Gasteiger partial charge is 0.133 e. The molecule has 1 rings (SSSR count). The summed E-state index contributed by atoms with van der Waals surface area (Å²) in [7, 11) is 1.87. The molecule has 0 aliphatic heterocycles. The number of hydrogen-bond donors (Lipinski definition) is 2. The van der Waals surface area contributed by atoms with E-state index in [9.17, 15) is 0 Å². The van der Waals surface area contributed by atoms with Gasteiger partial charge in [-0.2, -0.15) is 5.10 Å². The fourth-order valence-corrected chi connectivity index (χ4v) is 0.925. The van der Waals surface area contributed by atoms with Gasteiger partial charge in [0.15, 0.2) is 0 Å². The minimum absolute atomic E-state index is 0.913. The van der Waals surface area contributed by atoms with Crippen molar-refractivity contribution in [2.45, 2.75) is 6.92 Å². The molecule has 9 heavy (non-hydrogen) atoms. The number of nitrogens with zero attached hydrogens (tertiary/aromatic N) is 2. The molecular weight excluding hydrogens is 134 g/mol. The van der Waals surface area contributed by atoms with E-state index in [0.29, 0.717) is 0 Å². The Bertz CT molecular complexity index is 206. The van der Waals surface area contributed by atoms with Crippen LogP contribution in [0.2, 0.25) is 0 Å². The van der Waals surface area contributed by atoms with E-state index in [1.54, 1.807) is 4.68 Å². The molecule has 0 saturated carbocycles. The Morgan fingerprint density at radius 3 is 2.67 bits per heavy atom. The number of hydrogen-bond acceptors (Lipinski definition) is 3. The maximum atomic E-state index is 4.09. The Labute approximate surface area is 59.6 Å². The average Bonchev–Trinajstić information content (AvgIpc) is 2.10. The van der Waals surface area contributed by atoms with E-state index in [1.165, 1.54) is 0 Å². The van der Waals surface area contributed by atoms with Gasteiger partial charge in [0.25, 0.3) is 0 Å². The van der Waals surface area contributed by atoms with E-state index in [0.717, 1.165) is 11.5 Å². The molecule has 0 amide bonds. The first-order valence-corrected chi connectivity index (χ1v) is 3.09. The standard InChI is InChI=1S/C5H9N3S/c1-4-3-5(7-9)8(2)6-4/h3,7,9H,1-2H3. The summed E-state index contributed by atoms with van der Waals surface area (Å²) in [6.45, 7) is 1.94. The van der Waals surface area contributed by atoms with Gasteiger partial charge in [0.1, 0.15) is 5.82 Å². The van der Waals surface area contributed by atoms with Gasteiger partial charge in [-0.3, -0.25) is 4.68 Å². The molecule has 3 nitrogen and oxygen atoms in total. The highest BCUT2D eigenvalue weighted by molar-refractivity contribution is 7.81. The molecule has 0 radical (unpaired) electrons. The van der Waals surface area contributed by atoms with Crippen molar-refractivity contribution in [3.05, 3.63) is 11.8 Å². The van der Waals surface area contributed by atoms with E-state index in [1.807, 2.05) is 20.0 Å². The van der Waals surface area contributed by atoms with Crippen LogP contribution in [0.15, 0.2) is 6.07 Å². The quantitative estimate of drug-likeness (QED) is 0.574. The van der Waals surface area contributed by atoms with Gasteiger partial charge in [0, 0.05) is 13.1 Å². The Balaban J connectivity index is 3.01. The van der Waals surface area contributed by atoms with Crippen molar-refractivity contribution < 1.29 is 0 Å². The molecule has 50 valence electrons. The van der Waals surface area contributed by atoms with Gasteiger partial charge in [-0.25, -0.2) is 0 Å². The minimum atomic E-state index is 0.913. The summed E-state index contributed by atoms with van der Waals surface area (Å²) < 4.78 is 4.45. The minimum Gasteiger partial charge on any atom is -0.317 e. The highest BCUT2D eigenvalue weighted by atomic mass is 32.1. The second-order valence-corrected chi connectivity index (χ2v) is 2.13. The van der Waals surface area contributed by atoms with Gasteiger partial charge in [0.2, 0.25) is 0 Å². The van der Waals surface area contributed by atoms with E-state index in [4.69, 9.17) is 0 Å². The first kappa shape index (κ1) is 6.48. The molecule has 0 bridgehead atoms. The molecule has 0 aliphatic carbocycles. The largest absolute Gasteiger partial charge is 0.317 e. The summed E-state index contributed by atoms with van der Waals surface area (Å²) in [6.07, 6.45) is 0. The molecular formula is C5H9N3S. The number of thiol groups is 1. The van der Waals surface area contributed by atoms with E-state index >= 15 is 0 Å². The summed E-state index contributed by atoms with van der Waals surface area (Å²) in [5.74, 6) is 0.913. The zero-order chi connectivity index (χ0) is 6.85. The first-order valence-electron chi connectivity index (χ1n) is 2.65. The first-order chi connectivity index (χ1) is 4.24. The third kappa shape index (κ3) is 1.18. The summed E-state index contributed by atoms with van der Waals surface area (Å²) >= 11 is 3.88. The zero-order valence-electron chi connectivity index (χ0n) is 5.42. The number of anilines is 1. The third-order valence-corrected chi connectivity index (χ3v) is 1.35. The van der Waals surface area contributed by atoms with Crippen molar-refractivity contribution >= 4 is 18.6 Å². The number of aromatic nitrogens is 2. The molecule has 0 aliphatic rings. The summed E-state index contributed by atoms with van der Waals surface area (Å²) in [5.41, 5.74) is 0.994. The van der Waals surface area contributed by atoms with Crippen molar-refractivity contribution in [2.24, 2.45) is 7.05 Å². The third-order valence-electron chi connectivity index (χ3n) is 1.12. The van der Waals surface area contributed by atoms with Crippen molar-refractivity contribution in [3.63, 3.8) is 0 Å². The monoisotopic (exact) mass is 143 g/mol. The van der Waals surface area contributed by atoms with E-state index < -0.39 is 0 Å². The van der Waals surface area contributed by atoms with Crippen molar-refractivity contribution in [1.82, 2.24) is 9.78 Å². The van der Waals surface area contributed by atoms with E-state index in [-0.39, 0.29) is 0 Å². The predicted molar refractivity (Wildman–Crippen MR) is 40.6 cm³/mol. The van der Waals surface area contributed by atoms with Crippen molar-refractivity contribution in [2.75, 3.05) is 4.72 Å². The Morgan fingerprint density at radius 2 is 2.44 bits per heavy atom. The van der Waals surface area contributed by atoms with Crippen molar-refractivity contribution in [3.8, 4) is 0 Å². The average molecular weight is 143 g/mol. The predicted octanol–water partition coefficient (Wildman–Crippen LogP) is 0.985. The lowest BCUT2D eigenvalue weighted by atomic mass is 10.5. The Kier molecular flexibility index (Phi) is 1.66. The van der Waals surface area contributed by atoms with Crippen molar-refractivity contribution in [1.29, 1.82) is 0 Å². The molecule has 1 aromatic rings. The van der Waals surface area contributed by atoms with Gasteiger partial charge >= 0.3 is 0 Å². The lowest BCUT2D eigenvalue weighted by Gasteiger charge is -1.94. The number of nitrogens with one attached hydrogen (secondary N) is 1. The maximum absolute atomic E-state index is 4.09. The van der Waals surface area contributed by atoms with Crippen LogP contribution >= 0.6 is 12.8 Å². The van der Waals surface area contributed by atoms with Gasteiger partial charge in [0.05, 0.1) is 5.69 Å². The van der Waals surface area contributed by atoms with Crippen LogP contribution in [0.4, 0.5) is 5.82 Å². The molecule has 1 N–H and O–H groups in total. The molecule has 0 atom stereocenters. The summed E-state index contributed by atoms with van der Waals surface area (Å²) in [5, 5.41) is 4.09. The molecule has 0 fully saturated rings. The van der Waals surface area contributed by atoms with Crippen LogP contribution in [0.3, 0.4) is 0 Å². The second-order valence-electron chi connectivity index (χ2n) is 1.91. The topological polar surface area (TPSA) is 29.9 Å². The molecule has 1 aromatic heterocycles. The highest BCUT2D eigenvalue weighted by Crippen LogP contribution is 2.07. The van der Waals surface area contributed by atoms with Gasteiger partial charge in [-0.1, -0.05) is 12.8 Å². The molecule has 0 unspecified atom stereocenters. The number of rotatable bonds is 1. The Morgan fingerprint density at radius 1 is 1.78 bits per heavy atom. The lowest BCUT2D eigenvalue weighted by Crippen LogP contribution is -1.94. The number of aryl methyl sites for hydroxylation is 2. The fraction of sp³-hybridized carbons (Fsp3) is 0.400. The molecule has 0 spiro atoms. The maximum Gasteiger partial charge on any atom is 0.133 e.